The fourth-order valence-corrected chi connectivity index (χ4v) is 2.55. The van der Waals surface area contributed by atoms with Crippen LogP contribution in [-0.4, -0.2) is 22.8 Å². The van der Waals surface area contributed by atoms with E-state index in [4.69, 9.17) is 4.74 Å². The summed E-state index contributed by atoms with van der Waals surface area (Å²) in [5.74, 6) is 0.354. The van der Waals surface area contributed by atoms with Gasteiger partial charge in [0.05, 0.1) is 13.7 Å². The van der Waals surface area contributed by atoms with E-state index in [1.165, 1.54) is 16.8 Å². The van der Waals surface area contributed by atoms with Gasteiger partial charge in [0.25, 0.3) is 11.5 Å². The molecule has 0 spiro atoms. The van der Waals surface area contributed by atoms with Crippen LogP contribution in [0, 0.1) is 0 Å². The first-order chi connectivity index (χ1) is 12.7. The molecule has 1 amide bonds. The summed E-state index contributed by atoms with van der Waals surface area (Å²) in [6.45, 7) is 0.621. The first-order valence-electron chi connectivity index (χ1n) is 8.19. The van der Waals surface area contributed by atoms with Crippen molar-refractivity contribution in [1.29, 1.82) is 0 Å². The number of methoxy groups -OCH3 is 1. The molecule has 2 aromatic carbocycles. The van der Waals surface area contributed by atoms with Gasteiger partial charge in [-0.3, -0.25) is 9.59 Å². The number of carbonyl (C=O) groups is 1. The van der Waals surface area contributed by atoms with Crippen molar-refractivity contribution >= 4 is 5.91 Å². The molecule has 3 aromatic rings. The highest BCUT2D eigenvalue weighted by Gasteiger charge is 2.11. The second kappa shape index (κ2) is 8.11. The van der Waals surface area contributed by atoms with Crippen LogP contribution in [0.1, 0.15) is 21.6 Å². The van der Waals surface area contributed by atoms with Crippen molar-refractivity contribution in [2.24, 2.45) is 0 Å². The smallest absolute Gasteiger partial charge is 0.271 e. The molecule has 0 radical (unpaired) electrons. The summed E-state index contributed by atoms with van der Waals surface area (Å²) >= 11 is 0. The average Bonchev–Trinajstić information content (AvgIpc) is 2.68. The topological polar surface area (TPSA) is 73.2 Å². The largest absolute Gasteiger partial charge is 0.496 e. The molecule has 3 rings (SSSR count). The number of hydrogen-bond acceptors (Lipinski definition) is 4. The number of ether oxygens (including phenoxy) is 1. The van der Waals surface area contributed by atoms with Gasteiger partial charge in [0.15, 0.2) is 0 Å². The lowest BCUT2D eigenvalue weighted by Gasteiger charge is -2.10. The van der Waals surface area contributed by atoms with Gasteiger partial charge in [-0.2, -0.15) is 5.10 Å². The molecule has 26 heavy (non-hydrogen) atoms. The van der Waals surface area contributed by atoms with E-state index < -0.39 is 0 Å². The van der Waals surface area contributed by atoms with Gasteiger partial charge in [-0.1, -0.05) is 48.5 Å². The number of carbonyl (C=O) groups excluding carboxylic acids is 1. The van der Waals surface area contributed by atoms with Gasteiger partial charge >= 0.3 is 0 Å². The summed E-state index contributed by atoms with van der Waals surface area (Å²) in [6.07, 6.45) is 0. The molecule has 0 aliphatic rings. The van der Waals surface area contributed by atoms with Gasteiger partial charge in [0, 0.05) is 18.2 Å². The lowest BCUT2D eigenvalue weighted by atomic mass is 10.2. The number of nitrogens with zero attached hydrogens (tertiary/aromatic N) is 2. The van der Waals surface area contributed by atoms with Crippen molar-refractivity contribution in [2.75, 3.05) is 7.11 Å². The van der Waals surface area contributed by atoms with Crippen LogP contribution in [0.2, 0.25) is 0 Å². The summed E-state index contributed by atoms with van der Waals surface area (Å²) in [6, 6.07) is 19.7. The van der Waals surface area contributed by atoms with Gasteiger partial charge < -0.3 is 10.1 Å². The maximum atomic E-state index is 12.4. The van der Waals surface area contributed by atoms with Crippen LogP contribution in [0.25, 0.3) is 0 Å². The molecule has 0 atom stereocenters. The third-order valence-electron chi connectivity index (χ3n) is 3.91. The lowest BCUT2D eigenvalue weighted by molar-refractivity contribution is 0.0943. The number of hydrogen-bond donors (Lipinski definition) is 1. The Kier molecular flexibility index (Phi) is 5.43. The van der Waals surface area contributed by atoms with E-state index in [-0.39, 0.29) is 17.2 Å². The molecular weight excluding hydrogens is 330 g/mol. The van der Waals surface area contributed by atoms with Crippen molar-refractivity contribution in [3.05, 3.63) is 93.9 Å². The molecule has 0 saturated heterocycles. The standard InChI is InChI=1S/C20H19N3O3/c1-26-18-10-6-5-9-16(18)13-21-20(25)17-11-12-19(24)23(22-17)14-15-7-3-2-4-8-15/h2-12H,13-14H2,1H3,(H,21,25). The van der Waals surface area contributed by atoms with Crippen LogP contribution < -0.4 is 15.6 Å². The molecule has 6 nitrogen and oxygen atoms in total. The van der Waals surface area contributed by atoms with E-state index in [0.29, 0.717) is 18.8 Å². The Labute approximate surface area is 151 Å². The Hall–Kier alpha value is -3.41. The van der Waals surface area contributed by atoms with Gasteiger partial charge in [-0.15, -0.1) is 0 Å². The van der Waals surface area contributed by atoms with Gasteiger partial charge in [0.2, 0.25) is 0 Å². The zero-order valence-corrected chi connectivity index (χ0v) is 14.4. The van der Waals surface area contributed by atoms with Crippen molar-refractivity contribution in [3.63, 3.8) is 0 Å². The van der Waals surface area contributed by atoms with Gasteiger partial charge in [0.1, 0.15) is 11.4 Å². The van der Waals surface area contributed by atoms with Crippen LogP contribution in [0.15, 0.2) is 71.5 Å². The summed E-state index contributed by atoms with van der Waals surface area (Å²) in [4.78, 5) is 24.4. The highest BCUT2D eigenvalue weighted by atomic mass is 16.5. The number of nitrogens with one attached hydrogen (secondary N) is 1. The highest BCUT2D eigenvalue weighted by Crippen LogP contribution is 2.16. The normalized spacial score (nSPS) is 10.3. The minimum absolute atomic E-state index is 0.190. The number of benzene rings is 2. The van der Waals surface area contributed by atoms with Crippen molar-refractivity contribution in [3.8, 4) is 5.75 Å². The molecule has 0 aliphatic heterocycles. The van der Waals surface area contributed by atoms with E-state index in [9.17, 15) is 9.59 Å². The van der Waals surface area contributed by atoms with E-state index in [1.54, 1.807) is 7.11 Å². The molecule has 1 N–H and O–H groups in total. The molecule has 132 valence electrons. The molecule has 0 fully saturated rings. The Morgan fingerprint density at radius 2 is 1.77 bits per heavy atom. The molecule has 6 heteroatoms. The van der Waals surface area contributed by atoms with Crippen LogP contribution in [0.5, 0.6) is 5.75 Å². The predicted molar refractivity (Wildman–Crippen MR) is 98.2 cm³/mol. The second-order valence-corrected chi connectivity index (χ2v) is 5.69. The Morgan fingerprint density at radius 3 is 2.54 bits per heavy atom. The SMILES string of the molecule is COc1ccccc1CNC(=O)c1ccc(=O)n(Cc2ccccc2)n1. The average molecular weight is 349 g/mol. The highest BCUT2D eigenvalue weighted by molar-refractivity contribution is 5.91. The van der Waals surface area contributed by atoms with E-state index >= 15 is 0 Å². The first kappa shape index (κ1) is 17.4. The third kappa shape index (κ3) is 4.16. The number of aromatic nitrogens is 2. The lowest BCUT2D eigenvalue weighted by Crippen LogP contribution is -2.29. The minimum Gasteiger partial charge on any atom is -0.496 e. The van der Waals surface area contributed by atoms with Crippen molar-refractivity contribution in [2.45, 2.75) is 13.1 Å². The molecule has 1 heterocycles. The Balaban J connectivity index is 1.73. The summed E-state index contributed by atoms with van der Waals surface area (Å²) in [7, 11) is 1.59. The maximum Gasteiger partial charge on any atom is 0.271 e. The van der Waals surface area contributed by atoms with Crippen molar-refractivity contribution in [1.82, 2.24) is 15.1 Å². The molecular formula is C20H19N3O3. The fourth-order valence-electron chi connectivity index (χ4n) is 2.55. The number of rotatable bonds is 6. The van der Waals surface area contributed by atoms with E-state index in [1.807, 2.05) is 54.6 Å². The second-order valence-electron chi connectivity index (χ2n) is 5.69. The monoisotopic (exact) mass is 349 g/mol. The summed E-state index contributed by atoms with van der Waals surface area (Å²) < 4.78 is 6.56. The third-order valence-corrected chi connectivity index (χ3v) is 3.91. The van der Waals surface area contributed by atoms with E-state index in [2.05, 4.69) is 10.4 Å². The quantitative estimate of drug-likeness (QED) is 0.741. The van der Waals surface area contributed by atoms with Crippen LogP contribution >= 0.6 is 0 Å². The predicted octanol–water partition coefficient (Wildman–Crippen LogP) is 2.23. The molecule has 0 unspecified atom stereocenters. The van der Waals surface area contributed by atoms with E-state index in [0.717, 1.165) is 11.1 Å². The van der Waals surface area contributed by atoms with Crippen LogP contribution in [-0.2, 0) is 13.1 Å². The summed E-state index contributed by atoms with van der Waals surface area (Å²) in [5.41, 5.74) is 1.74. The Bertz CT molecular complexity index is 952. The molecule has 0 bridgehead atoms. The zero-order chi connectivity index (χ0) is 18.4. The van der Waals surface area contributed by atoms with Gasteiger partial charge in [-0.25, -0.2) is 4.68 Å². The van der Waals surface area contributed by atoms with Gasteiger partial charge in [-0.05, 0) is 17.7 Å². The maximum absolute atomic E-state index is 12.4. The first-order valence-corrected chi connectivity index (χ1v) is 8.19. The van der Waals surface area contributed by atoms with Crippen molar-refractivity contribution < 1.29 is 9.53 Å². The number of amides is 1. The Morgan fingerprint density at radius 1 is 1.04 bits per heavy atom. The molecule has 0 saturated carbocycles. The fraction of sp³-hybridized carbons (Fsp3) is 0.150. The number of para-hydroxylation sites is 1. The molecule has 1 aromatic heterocycles. The zero-order valence-electron chi connectivity index (χ0n) is 14.4. The van der Waals surface area contributed by atoms with Crippen LogP contribution in [0.4, 0.5) is 0 Å². The summed E-state index contributed by atoms with van der Waals surface area (Å²) in [5, 5.41) is 6.99. The minimum atomic E-state index is -0.349. The van der Waals surface area contributed by atoms with Crippen LogP contribution in [0.3, 0.4) is 0 Å². The molecule has 0 aliphatic carbocycles.